The Morgan fingerprint density at radius 3 is 2.48 bits per heavy atom. The first-order valence-corrected chi connectivity index (χ1v) is 9.60. The summed E-state index contributed by atoms with van der Waals surface area (Å²) in [6.07, 6.45) is 0. The molecule has 4 aromatic rings. The van der Waals surface area contributed by atoms with E-state index in [1.165, 1.54) is 11.8 Å². The second kappa shape index (κ2) is 7.04. The van der Waals surface area contributed by atoms with E-state index >= 15 is 0 Å². The molecule has 5 nitrogen and oxygen atoms in total. The normalized spacial score (nSPS) is 12.4. The highest BCUT2D eigenvalue weighted by molar-refractivity contribution is 8.00. The minimum atomic E-state index is -0.381. The van der Waals surface area contributed by atoms with E-state index in [-0.39, 0.29) is 11.2 Å². The van der Waals surface area contributed by atoms with Gasteiger partial charge in [-0.25, -0.2) is 0 Å². The van der Waals surface area contributed by atoms with Crippen LogP contribution in [0.5, 0.6) is 0 Å². The summed E-state index contributed by atoms with van der Waals surface area (Å²) in [5, 5.41) is 10.2. The molecule has 1 atom stereocenters. The van der Waals surface area contributed by atoms with Gasteiger partial charge in [-0.1, -0.05) is 60.3 Å². The van der Waals surface area contributed by atoms with Crippen LogP contribution in [0.2, 0.25) is 0 Å². The Morgan fingerprint density at radius 1 is 1.04 bits per heavy atom. The van der Waals surface area contributed by atoms with E-state index in [0.29, 0.717) is 5.16 Å². The van der Waals surface area contributed by atoms with Gasteiger partial charge in [0.25, 0.3) is 0 Å². The Bertz CT molecular complexity index is 1120. The molecule has 2 heterocycles. The molecule has 0 aliphatic heterocycles. The zero-order valence-corrected chi connectivity index (χ0v) is 16.3. The third-order valence-electron chi connectivity index (χ3n) is 4.56. The smallest absolute Gasteiger partial charge is 0.240 e. The van der Waals surface area contributed by atoms with Crippen LogP contribution in [0, 0.1) is 6.92 Å². The molecule has 6 heteroatoms. The maximum Gasteiger partial charge on any atom is 0.240 e. The number of amides is 1. The summed E-state index contributed by atoms with van der Waals surface area (Å²) in [6, 6.07) is 20.0. The first kappa shape index (κ1) is 17.5. The lowest BCUT2D eigenvalue weighted by molar-refractivity contribution is -0.128. The molecule has 0 aliphatic rings. The summed E-state index contributed by atoms with van der Waals surface area (Å²) >= 11 is 1.43. The lowest BCUT2D eigenvalue weighted by Crippen LogP contribution is -2.26. The number of rotatable bonds is 4. The molecule has 0 saturated carbocycles. The van der Waals surface area contributed by atoms with Crippen LogP contribution < -0.4 is 0 Å². The molecule has 0 radical (unpaired) electrons. The van der Waals surface area contributed by atoms with Crippen molar-refractivity contribution < 1.29 is 4.79 Å². The molecule has 4 rings (SSSR count). The monoisotopic (exact) mass is 376 g/mol. The predicted octanol–water partition coefficient (Wildman–Crippen LogP) is 4.11. The van der Waals surface area contributed by atoms with E-state index in [1.54, 1.807) is 19.0 Å². The number of aryl methyl sites for hydroxylation is 1. The lowest BCUT2D eigenvalue weighted by Gasteiger charge is -2.20. The number of para-hydroxylation sites is 1. The van der Waals surface area contributed by atoms with Gasteiger partial charge in [0.15, 0.2) is 10.8 Å². The zero-order valence-electron chi connectivity index (χ0n) is 15.5. The summed E-state index contributed by atoms with van der Waals surface area (Å²) in [7, 11) is 3.55. The van der Waals surface area contributed by atoms with Gasteiger partial charge in [-0.05, 0) is 30.2 Å². The van der Waals surface area contributed by atoms with Crippen LogP contribution in [0.1, 0.15) is 16.4 Å². The van der Waals surface area contributed by atoms with Crippen molar-refractivity contribution in [3.63, 3.8) is 0 Å². The van der Waals surface area contributed by atoms with Gasteiger partial charge in [-0.2, -0.15) is 0 Å². The molecule has 136 valence electrons. The highest BCUT2D eigenvalue weighted by atomic mass is 32.2. The Labute approximate surface area is 162 Å². The average Bonchev–Trinajstić information content (AvgIpc) is 3.09. The van der Waals surface area contributed by atoms with E-state index in [4.69, 9.17) is 0 Å². The van der Waals surface area contributed by atoms with Crippen molar-refractivity contribution in [3.05, 3.63) is 71.8 Å². The molecule has 0 saturated heterocycles. The lowest BCUT2D eigenvalue weighted by atomic mass is 10.1. The molecular formula is C21H20N4OS. The third kappa shape index (κ3) is 3.17. The molecule has 0 bridgehead atoms. The first-order chi connectivity index (χ1) is 13.1. The summed E-state index contributed by atoms with van der Waals surface area (Å²) in [4.78, 5) is 14.5. The van der Waals surface area contributed by atoms with Crippen molar-refractivity contribution in [2.45, 2.75) is 17.3 Å². The van der Waals surface area contributed by atoms with E-state index in [2.05, 4.69) is 29.3 Å². The van der Waals surface area contributed by atoms with Gasteiger partial charge in [0, 0.05) is 19.5 Å². The molecule has 2 aromatic heterocycles. The number of hydrogen-bond donors (Lipinski definition) is 0. The SMILES string of the molecule is Cc1cc2nnc(SC(C(=O)N(C)C)c3ccccc3)n2c2ccccc12. The topological polar surface area (TPSA) is 50.5 Å². The molecule has 27 heavy (non-hydrogen) atoms. The number of carbonyl (C=O) groups excluding carboxylic acids is 1. The second-order valence-corrected chi connectivity index (χ2v) is 7.73. The zero-order chi connectivity index (χ0) is 19.0. The van der Waals surface area contributed by atoms with Crippen molar-refractivity contribution in [3.8, 4) is 0 Å². The van der Waals surface area contributed by atoms with Crippen molar-refractivity contribution >= 4 is 34.2 Å². The van der Waals surface area contributed by atoms with Gasteiger partial charge in [0.2, 0.25) is 5.91 Å². The van der Waals surface area contributed by atoms with Gasteiger partial charge >= 0.3 is 0 Å². The third-order valence-corrected chi connectivity index (χ3v) is 5.75. The summed E-state index contributed by atoms with van der Waals surface area (Å²) in [5.41, 5.74) is 3.95. The van der Waals surface area contributed by atoms with Crippen LogP contribution in [0.4, 0.5) is 0 Å². The number of fused-ring (bicyclic) bond motifs is 3. The van der Waals surface area contributed by atoms with E-state index in [9.17, 15) is 4.79 Å². The number of likely N-dealkylation sites (N-methyl/N-ethyl adjacent to an activating group) is 1. The minimum Gasteiger partial charge on any atom is -0.348 e. The molecule has 0 N–H and O–H groups in total. The molecular weight excluding hydrogens is 356 g/mol. The number of aromatic nitrogens is 3. The van der Waals surface area contributed by atoms with Crippen LogP contribution in [-0.4, -0.2) is 39.5 Å². The first-order valence-electron chi connectivity index (χ1n) is 8.72. The Morgan fingerprint density at radius 2 is 1.74 bits per heavy atom. The van der Waals surface area contributed by atoms with Gasteiger partial charge in [-0.3, -0.25) is 9.20 Å². The predicted molar refractivity (Wildman–Crippen MR) is 109 cm³/mol. The quantitative estimate of drug-likeness (QED) is 0.503. The number of thioether (sulfide) groups is 1. The number of carbonyl (C=O) groups is 1. The van der Waals surface area contributed by atoms with E-state index < -0.39 is 0 Å². The van der Waals surface area contributed by atoms with Crippen molar-refractivity contribution in [2.24, 2.45) is 0 Å². The molecule has 0 spiro atoms. The van der Waals surface area contributed by atoms with Gasteiger partial charge in [0.05, 0.1) is 5.52 Å². The summed E-state index contributed by atoms with van der Waals surface area (Å²) in [6.45, 7) is 2.08. The van der Waals surface area contributed by atoms with Crippen LogP contribution in [-0.2, 0) is 4.79 Å². The second-order valence-electron chi connectivity index (χ2n) is 6.66. The molecule has 1 unspecified atom stereocenters. The number of nitrogens with zero attached hydrogens (tertiary/aromatic N) is 4. The molecule has 2 aromatic carbocycles. The van der Waals surface area contributed by atoms with Crippen molar-refractivity contribution in [1.82, 2.24) is 19.5 Å². The molecule has 0 fully saturated rings. The highest BCUT2D eigenvalue weighted by Crippen LogP contribution is 2.37. The number of benzene rings is 2. The van der Waals surface area contributed by atoms with Gasteiger partial charge in [0.1, 0.15) is 5.25 Å². The fraction of sp³-hybridized carbons (Fsp3) is 0.190. The van der Waals surface area contributed by atoms with E-state index in [0.717, 1.165) is 27.7 Å². The Kier molecular flexibility index (Phi) is 4.58. The van der Waals surface area contributed by atoms with Crippen LogP contribution in [0.15, 0.2) is 65.8 Å². The van der Waals surface area contributed by atoms with Crippen LogP contribution >= 0.6 is 11.8 Å². The number of hydrogen-bond acceptors (Lipinski definition) is 4. The van der Waals surface area contributed by atoms with Gasteiger partial charge in [-0.15, -0.1) is 10.2 Å². The molecule has 1 amide bonds. The van der Waals surface area contributed by atoms with Crippen LogP contribution in [0.25, 0.3) is 16.6 Å². The standard InChI is InChI=1S/C21H20N4OS/c1-14-13-18-22-23-21(25(18)17-12-8-7-11-16(14)17)27-19(20(26)24(2)3)15-9-5-4-6-10-15/h4-13,19H,1-3H3. The van der Waals surface area contributed by atoms with Crippen molar-refractivity contribution in [2.75, 3.05) is 14.1 Å². The van der Waals surface area contributed by atoms with Crippen molar-refractivity contribution in [1.29, 1.82) is 0 Å². The van der Waals surface area contributed by atoms with Gasteiger partial charge < -0.3 is 4.90 Å². The fourth-order valence-corrected chi connectivity index (χ4v) is 4.38. The summed E-state index contributed by atoms with van der Waals surface area (Å²) < 4.78 is 2.03. The van der Waals surface area contributed by atoms with E-state index in [1.807, 2.05) is 52.9 Å². The Balaban J connectivity index is 1.86. The molecule has 0 aliphatic carbocycles. The Hall–Kier alpha value is -2.86. The maximum atomic E-state index is 12.9. The largest absolute Gasteiger partial charge is 0.348 e. The van der Waals surface area contributed by atoms with Crippen LogP contribution in [0.3, 0.4) is 0 Å². The average molecular weight is 376 g/mol. The highest BCUT2D eigenvalue weighted by Gasteiger charge is 2.26. The maximum absolute atomic E-state index is 12.9. The fourth-order valence-electron chi connectivity index (χ4n) is 3.18. The number of pyridine rings is 1. The minimum absolute atomic E-state index is 0.0272. The summed E-state index contributed by atoms with van der Waals surface area (Å²) in [5.74, 6) is 0.0272.